The lowest BCUT2D eigenvalue weighted by atomic mass is 10.0. The number of aromatic nitrogens is 3. The molecule has 4 aromatic rings. The highest BCUT2D eigenvalue weighted by molar-refractivity contribution is 6.00. The fraction of sp³-hybridized carbons (Fsp3) is 0.192. The average molecular weight is 495 g/mol. The topological polar surface area (TPSA) is 85.9 Å². The number of alkyl halides is 3. The minimum absolute atomic E-state index is 0.0431. The van der Waals surface area contributed by atoms with Crippen LogP contribution in [0.1, 0.15) is 5.56 Å². The lowest BCUT2D eigenvalue weighted by molar-refractivity contribution is -0.137. The number of likely N-dealkylation sites (N-methyl/N-ethyl adjacent to an activating group) is 1. The van der Waals surface area contributed by atoms with Gasteiger partial charge in [-0.25, -0.2) is 9.97 Å². The largest absolute Gasteiger partial charge is 0.416 e. The van der Waals surface area contributed by atoms with Gasteiger partial charge in [0.1, 0.15) is 11.5 Å². The molecule has 3 N–H and O–H groups in total. The first kappa shape index (κ1) is 24.9. The summed E-state index contributed by atoms with van der Waals surface area (Å²) in [5.41, 5.74) is 2.26. The van der Waals surface area contributed by atoms with Gasteiger partial charge in [0.25, 0.3) is 0 Å². The number of fused-ring (bicyclic) bond motifs is 1. The Hall–Kier alpha value is -4.18. The van der Waals surface area contributed by atoms with Crippen LogP contribution in [0.2, 0.25) is 0 Å². The maximum absolute atomic E-state index is 13.7. The molecule has 1 amide bonds. The summed E-state index contributed by atoms with van der Waals surface area (Å²) >= 11 is 0. The standard InChI is InChI=1S/C26H25F3N6O/c1-30-23-12-16(6-7-31-23)22-15-33-25-21(22)11-18(14-32-25)17-9-19(26(27,28)29)13-20(10-17)34-24(36)5-4-8-35(2)3/h4-7,9-15H,8H2,1-3H3,(H,30,31)(H,32,33)(H,34,36)/b5-4+. The Kier molecular flexibility index (Phi) is 7.07. The van der Waals surface area contributed by atoms with Gasteiger partial charge >= 0.3 is 6.18 Å². The monoisotopic (exact) mass is 494 g/mol. The zero-order chi connectivity index (χ0) is 25.9. The first-order chi connectivity index (χ1) is 17.1. The number of benzene rings is 1. The summed E-state index contributed by atoms with van der Waals surface area (Å²) in [5, 5.41) is 6.27. The predicted octanol–water partition coefficient (Wildman–Crippen LogP) is 5.41. The van der Waals surface area contributed by atoms with Crippen molar-refractivity contribution in [2.75, 3.05) is 38.3 Å². The number of pyridine rings is 2. The van der Waals surface area contributed by atoms with E-state index < -0.39 is 17.6 Å². The van der Waals surface area contributed by atoms with Crippen molar-refractivity contribution in [3.05, 3.63) is 72.7 Å². The number of carbonyl (C=O) groups is 1. The van der Waals surface area contributed by atoms with Crippen LogP contribution in [0.5, 0.6) is 0 Å². The van der Waals surface area contributed by atoms with Gasteiger partial charge in [0.2, 0.25) is 5.91 Å². The fourth-order valence-electron chi connectivity index (χ4n) is 3.72. The van der Waals surface area contributed by atoms with Crippen LogP contribution in [0.15, 0.2) is 67.1 Å². The number of nitrogens with zero attached hydrogens (tertiary/aromatic N) is 3. The van der Waals surface area contributed by atoms with Gasteiger partial charge < -0.3 is 20.5 Å². The van der Waals surface area contributed by atoms with Crippen LogP contribution in [0.3, 0.4) is 0 Å². The Balaban J connectivity index is 1.74. The third-order valence-corrected chi connectivity index (χ3v) is 5.46. The molecule has 10 heteroatoms. The first-order valence-electron chi connectivity index (χ1n) is 11.1. The number of amides is 1. The Morgan fingerprint density at radius 3 is 2.61 bits per heavy atom. The van der Waals surface area contributed by atoms with Crippen molar-refractivity contribution in [3.63, 3.8) is 0 Å². The van der Waals surface area contributed by atoms with Crippen molar-refractivity contribution in [2.45, 2.75) is 6.18 Å². The molecule has 0 aliphatic carbocycles. The molecule has 0 radical (unpaired) electrons. The average Bonchev–Trinajstić information content (AvgIpc) is 3.26. The second-order valence-electron chi connectivity index (χ2n) is 8.45. The molecule has 0 spiro atoms. The van der Waals surface area contributed by atoms with Gasteiger partial charge in [0.05, 0.1) is 5.56 Å². The van der Waals surface area contributed by atoms with Crippen LogP contribution in [-0.2, 0) is 11.0 Å². The molecule has 0 bridgehead atoms. The SMILES string of the molecule is CNc1cc(-c2c[nH]c3ncc(-c4cc(NC(=O)/C=C/CN(C)C)cc(C(F)(F)F)c4)cc23)ccn1. The molecule has 0 aliphatic rings. The van der Waals surface area contributed by atoms with Gasteiger partial charge in [-0.05, 0) is 61.6 Å². The third kappa shape index (κ3) is 5.72. The van der Waals surface area contributed by atoms with Crippen molar-refractivity contribution < 1.29 is 18.0 Å². The Morgan fingerprint density at radius 1 is 1.08 bits per heavy atom. The molecule has 7 nitrogen and oxygen atoms in total. The van der Waals surface area contributed by atoms with E-state index in [0.717, 1.165) is 28.6 Å². The smallest absolute Gasteiger partial charge is 0.373 e. The Morgan fingerprint density at radius 2 is 1.89 bits per heavy atom. The van der Waals surface area contributed by atoms with Crippen molar-refractivity contribution >= 4 is 28.4 Å². The van der Waals surface area contributed by atoms with Crippen LogP contribution in [0, 0.1) is 0 Å². The first-order valence-corrected chi connectivity index (χ1v) is 11.1. The Labute approximate surface area is 206 Å². The van der Waals surface area contributed by atoms with E-state index in [-0.39, 0.29) is 11.3 Å². The molecule has 0 aliphatic heterocycles. The number of hydrogen-bond donors (Lipinski definition) is 3. The number of hydrogen-bond acceptors (Lipinski definition) is 5. The van der Waals surface area contributed by atoms with E-state index in [9.17, 15) is 18.0 Å². The van der Waals surface area contributed by atoms with Crippen LogP contribution < -0.4 is 10.6 Å². The summed E-state index contributed by atoms with van der Waals surface area (Å²) in [6, 6.07) is 8.98. The number of anilines is 2. The Bertz CT molecular complexity index is 1420. The number of aromatic amines is 1. The normalized spacial score (nSPS) is 12.0. The molecular weight excluding hydrogens is 469 g/mol. The van der Waals surface area contributed by atoms with Crippen molar-refractivity contribution in [1.29, 1.82) is 0 Å². The zero-order valence-electron chi connectivity index (χ0n) is 19.9. The summed E-state index contributed by atoms with van der Waals surface area (Å²) in [7, 11) is 5.45. The van der Waals surface area contributed by atoms with Gasteiger partial charge in [-0.15, -0.1) is 0 Å². The summed E-state index contributed by atoms with van der Waals surface area (Å²) in [5.74, 6) is 0.172. The van der Waals surface area contributed by atoms with E-state index in [1.165, 1.54) is 18.3 Å². The minimum atomic E-state index is -4.59. The second kappa shape index (κ2) is 10.2. The number of rotatable bonds is 7. The quantitative estimate of drug-likeness (QED) is 0.299. The maximum atomic E-state index is 13.7. The van der Waals surface area contributed by atoms with Crippen LogP contribution >= 0.6 is 0 Å². The lowest BCUT2D eigenvalue weighted by Gasteiger charge is -2.13. The van der Waals surface area contributed by atoms with E-state index in [1.807, 2.05) is 31.1 Å². The molecule has 36 heavy (non-hydrogen) atoms. The molecule has 186 valence electrons. The predicted molar refractivity (Wildman–Crippen MR) is 136 cm³/mol. The van der Waals surface area contributed by atoms with E-state index in [1.54, 1.807) is 31.6 Å². The van der Waals surface area contributed by atoms with E-state index in [0.29, 0.717) is 23.6 Å². The molecule has 0 saturated carbocycles. The molecule has 0 atom stereocenters. The van der Waals surface area contributed by atoms with E-state index >= 15 is 0 Å². The van der Waals surface area contributed by atoms with E-state index in [2.05, 4.69) is 25.6 Å². The summed E-state index contributed by atoms with van der Waals surface area (Å²) in [6.45, 7) is 0.527. The highest BCUT2D eigenvalue weighted by Crippen LogP contribution is 2.37. The van der Waals surface area contributed by atoms with Crippen LogP contribution in [-0.4, -0.2) is 53.4 Å². The molecule has 0 fully saturated rings. The molecule has 4 rings (SSSR count). The zero-order valence-corrected chi connectivity index (χ0v) is 19.9. The summed E-state index contributed by atoms with van der Waals surface area (Å²) < 4.78 is 41.1. The molecular formula is C26H25F3N6O. The van der Waals surface area contributed by atoms with E-state index in [4.69, 9.17) is 0 Å². The maximum Gasteiger partial charge on any atom is 0.416 e. The number of carbonyl (C=O) groups excluding carboxylic acids is 1. The number of H-pyrrole nitrogens is 1. The summed E-state index contributed by atoms with van der Waals surface area (Å²) in [6.07, 6.45) is 3.32. The van der Waals surface area contributed by atoms with Gasteiger partial charge in [0.15, 0.2) is 0 Å². The molecule has 0 saturated heterocycles. The molecule has 0 unspecified atom stereocenters. The third-order valence-electron chi connectivity index (χ3n) is 5.46. The number of halogens is 3. The van der Waals surface area contributed by atoms with Gasteiger partial charge in [0, 0.05) is 60.5 Å². The van der Waals surface area contributed by atoms with Crippen LogP contribution in [0.25, 0.3) is 33.3 Å². The van der Waals surface area contributed by atoms with Gasteiger partial charge in [-0.3, -0.25) is 4.79 Å². The van der Waals surface area contributed by atoms with Gasteiger partial charge in [-0.1, -0.05) is 6.08 Å². The molecule has 3 heterocycles. The molecule has 1 aromatic carbocycles. The highest BCUT2D eigenvalue weighted by atomic mass is 19.4. The number of nitrogens with one attached hydrogen (secondary N) is 3. The van der Waals surface area contributed by atoms with Gasteiger partial charge in [-0.2, -0.15) is 13.2 Å². The van der Waals surface area contributed by atoms with Crippen molar-refractivity contribution in [2.24, 2.45) is 0 Å². The lowest BCUT2D eigenvalue weighted by Crippen LogP contribution is -2.13. The molecule has 3 aromatic heterocycles. The van der Waals surface area contributed by atoms with Crippen molar-refractivity contribution in [3.8, 4) is 22.3 Å². The van der Waals surface area contributed by atoms with Crippen molar-refractivity contribution in [1.82, 2.24) is 19.9 Å². The summed E-state index contributed by atoms with van der Waals surface area (Å²) in [4.78, 5) is 25.9. The fourth-order valence-corrected chi connectivity index (χ4v) is 3.72. The minimum Gasteiger partial charge on any atom is -0.373 e. The van der Waals surface area contributed by atoms with Crippen LogP contribution in [0.4, 0.5) is 24.7 Å². The second-order valence-corrected chi connectivity index (χ2v) is 8.45. The highest BCUT2D eigenvalue weighted by Gasteiger charge is 2.31.